The molecule has 0 fully saturated rings. The van der Waals surface area contributed by atoms with Gasteiger partial charge in [0.15, 0.2) is 5.96 Å². The van der Waals surface area contributed by atoms with E-state index >= 15 is 0 Å². The van der Waals surface area contributed by atoms with Gasteiger partial charge in [0.05, 0.1) is 18.3 Å². The molecule has 1 atom stereocenters. The van der Waals surface area contributed by atoms with Crippen LogP contribution in [0.3, 0.4) is 0 Å². The van der Waals surface area contributed by atoms with Crippen LogP contribution in [0.4, 0.5) is 0 Å². The molecule has 144 valence electrons. The monoisotopic (exact) mass is 377 g/mol. The molecule has 6 nitrogen and oxygen atoms in total. The van der Waals surface area contributed by atoms with E-state index in [0.29, 0.717) is 12.6 Å². The van der Waals surface area contributed by atoms with E-state index in [2.05, 4.69) is 73.1 Å². The van der Waals surface area contributed by atoms with Crippen molar-refractivity contribution in [3.05, 3.63) is 39.4 Å². The molecule has 0 aliphatic carbocycles. The Morgan fingerprint density at radius 2 is 2.08 bits per heavy atom. The van der Waals surface area contributed by atoms with E-state index in [-0.39, 0.29) is 0 Å². The molecule has 0 aliphatic heterocycles. The summed E-state index contributed by atoms with van der Waals surface area (Å²) in [6, 6.07) is 4.59. The van der Waals surface area contributed by atoms with Crippen LogP contribution in [0.5, 0.6) is 0 Å². The van der Waals surface area contributed by atoms with Crippen LogP contribution in [0.1, 0.15) is 48.7 Å². The van der Waals surface area contributed by atoms with Gasteiger partial charge in [-0.05, 0) is 38.9 Å². The van der Waals surface area contributed by atoms with E-state index in [1.807, 2.05) is 0 Å². The molecule has 26 heavy (non-hydrogen) atoms. The van der Waals surface area contributed by atoms with Gasteiger partial charge in [-0.15, -0.1) is 11.3 Å². The maximum Gasteiger partial charge on any atom is 0.191 e. The van der Waals surface area contributed by atoms with Crippen molar-refractivity contribution >= 4 is 17.3 Å². The number of likely N-dealkylation sites (N-methyl/N-ethyl adjacent to an activating group) is 1. The van der Waals surface area contributed by atoms with Crippen molar-refractivity contribution < 1.29 is 4.52 Å². The third-order valence-corrected chi connectivity index (χ3v) is 5.28. The molecule has 1 unspecified atom stereocenters. The molecule has 2 heterocycles. The first-order valence-corrected chi connectivity index (χ1v) is 10.2. The van der Waals surface area contributed by atoms with Crippen LogP contribution in [-0.2, 0) is 19.4 Å². The Morgan fingerprint density at radius 1 is 1.27 bits per heavy atom. The minimum Gasteiger partial charge on any atom is -0.361 e. The Labute approximate surface area is 160 Å². The number of thiophene rings is 1. The zero-order valence-corrected chi connectivity index (χ0v) is 17.3. The van der Waals surface area contributed by atoms with E-state index < -0.39 is 0 Å². The van der Waals surface area contributed by atoms with Gasteiger partial charge in [-0.2, -0.15) is 0 Å². The molecule has 2 aromatic heterocycles. The Kier molecular flexibility index (Phi) is 8.12. The van der Waals surface area contributed by atoms with Crippen molar-refractivity contribution in [1.29, 1.82) is 0 Å². The number of guanidine groups is 1. The highest BCUT2D eigenvalue weighted by Gasteiger charge is 2.16. The molecule has 2 aromatic rings. The molecule has 0 bridgehead atoms. The Bertz CT molecular complexity index is 657. The molecular weight excluding hydrogens is 346 g/mol. The molecule has 0 aromatic carbocycles. The lowest BCUT2D eigenvalue weighted by atomic mass is 10.1. The van der Waals surface area contributed by atoms with Crippen LogP contribution in [0.2, 0.25) is 0 Å². The third-order valence-electron chi connectivity index (χ3n) is 4.30. The maximum atomic E-state index is 5.44. The molecule has 2 N–H and O–H groups in total. The first-order chi connectivity index (χ1) is 12.6. The van der Waals surface area contributed by atoms with Gasteiger partial charge < -0.3 is 20.1 Å². The Balaban J connectivity index is 2.08. The molecule has 0 spiro atoms. The Hall–Kier alpha value is -1.86. The second kappa shape index (κ2) is 10.3. The first-order valence-electron chi connectivity index (χ1n) is 9.28. The number of aliphatic imine (C=N–C) groups is 1. The van der Waals surface area contributed by atoms with Gasteiger partial charge in [0.25, 0.3) is 0 Å². The second-order valence-electron chi connectivity index (χ2n) is 6.31. The minimum absolute atomic E-state index is 0.312. The van der Waals surface area contributed by atoms with Crippen molar-refractivity contribution in [2.24, 2.45) is 4.99 Å². The van der Waals surface area contributed by atoms with E-state index in [9.17, 15) is 0 Å². The van der Waals surface area contributed by atoms with Gasteiger partial charge in [0, 0.05) is 30.0 Å². The lowest BCUT2D eigenvalue weighted by molar-refractivity contribution is 0.302. The van der Waals surface area contributed by atoms with Crippen molar-refractivity contribution in [2.45, 2.75) is 46.2 Å². The van der Waals surface area contributed by atoms with Crippen LogP contribution >= 0.6 is 11.3 Å². The topological polar surface area (TPSA) is 65.7 Å². The van der Waals surface area contributed by atoms with E-state index in [1.54, 1.807) is 11.3 Å². The number of nitrogens with one attached hydrogen (secondary N) is 2. The molecule has 2 rings (SSSR count). The summed E-state index contributed by atoms with van der Waals surface area (Å²) in [5.74, 6) is 1.76. The fourth-order valence-electron chi connectivity index (χ4n) is 2.83. The van der Waals surface area contributed by atoms with Crippen LogP contribution in [0.15, 0.2) is 27.0 Å². The van der Waals surface area contributed by atoms with Crippen LogP contribution < -0.4 is 10.6 Å². The molecule has 0 saturated heterocycles. The Morgan fingerprint density at radius 3 is 2.65 bits per heavy atom. The smallest absolute Gasteiger partial charge is 0.191 e. The summed E-state index contributed by atoms with van der Waals surface area (Å²) in [6.45, 7) is 8.45. The summed E-state index contributed by atoms with van der Waals surface area (Å²) in [7, 11) is 4.21. The van der Waals surface area contributed by atoms with E-state index in [1.165, 1.54) is 4.88 Å². The van der Waals surface area contributed by atoms with Crippen molar-refractivity contribution in [3.63, 3.8) is 0 Å². The molecule has 0 amide bonds. The quantitative estimate of drug-likeness (QED) is 0.519. The number of hydrogen-bond donors (Lipinski definition) is 2. The van der Waals surface area contributed by atoms with Crippen LogP contribution in [-0.4, -0.2) is 43.2 Å². The largest absolute Gasteiger partial charge is 0.361 e. The summed E-state index contributed by atoms with van der Waals surface area (Å²) in [5.41, 5.74) is 2.13. The SMILES string of the molecule is CCNC(=NCc1c(CC)noc1CC)NCC(c1cccs1)N(C)C. The van der Waals surface area contributed by atoms with Gasteiger partial charge in [-0.25, -0.2) is 4.99 Å². The standard InChI is InChI=1S/C19H31N5OS/c1-6-15-14(17(7-2)25-23-15)12-21-19(20-8-3)22-13-16(24(4)5)18-10-9-11-26-18/h9-11,16H,6-8,12-13H2,1-5H3,(H2,20,21,22). The second-order valence-corrected chi connectivity index (χ2v) is 7.29. The predicted octanol–water partition coefficient (Wildman–Crippen LogP) is 3.22. The summed E-state index contributed by atoms with van der Waals surface area (Å²) in [4.78, 5) is 8.34. The van der Waals surface area contributed by atoms with Gasteiger partial charge in [0.2, 0.25) is 0 Å². The van der Waals surface area contributed by atoms with Crippen molar-refractivity contribution in [3.8, 4) is 0 Å². The first kappa shape index (κ1) is 20.5. The van der Waals surface area contributed by atoms with Crippen molar-refractivity contribution in [2.75, 3.05) is 27.2 Å². The van der Waals surface area contributed by atoms with Gasteiger partial charge in [-0.1, -0.05) is 25.1 Å². The van der Waals surface area contributed by atoms with Gasteiger partial charge >= 0.3 is 0 Å². The van der Waals surface area contributed by atoms with Crippen LogP contribution in [0.25, 0.3) is 0 Å². The van der Waals surface area contributed by atoms with Crippen LogP contribution in [0, 0.1) is 0 Å². The maximum absolute atomic E-state index is 5.44. The summed E-state index contributed by atoms with van der Waals surface area (Å²) in [6.07, 6.45) is 1.70. The zero-order chi connectivity index (χ0) is 18.9. The average Bonchev–Trinajstić information content (AvgIpc) is 3.28. The summed E-state index contributed by atoms with van der Waals surface area (Å²) in [5, 5.41) is 13.1. The molecule has 0 aliphatic rings. The lowest BCUT2D eigenvalue weighted by Gasteiger charge is -2.24. The number of hydrogen-bond acceptors (Lipinski definition) is 5. The highest BCUT2D eigenvalue weighted by atomic mass is 32.1. The number of nitrogens with zero attached hydrogens (tertiary/aromatic N) is 3. The zero-order valence-electron chi connectivity index (χ0n) is 16.5. The minimum atomic E-state index is 0.312. The van der Waals surface area contributed by atoms with Crippen molar-refractivity contribution in [1.82, 2.24) is 20.7 Å². The molecule has 0 radical (unpaired) electrons. The van der Waals surface area contributed by atoms with E-state index in [4.69, 9.17) is 9.52 Å². The summed E-state index contributed by atoms with van der Waals surface area (Å²) < 4.78 is 5.44. The average molecular weight is 378 g/mol. The lowest BCUT2D eigenvalue weighted by Crippen LogP contribution is -2.41. The number of aryl methyl sites for hydroxylation is 2. The third kappa shape index (κ3) is 5.32. The fourth-order valence-corrected chi connectivity index (χ4v) is 3.75. The van der Waals surface area contributed by atoms with Gasteiger partial charge in [0.1, 0.15) is 5.76 Å². The number of rotatable bonds is 9. The normalized spacial score (nSPS) is 13.2. The molecular formula is C19H31N5OS. The summed E-state index contributed by atoms with van der Waals surface area (Å²) >= 11 is 1.78. The fraction of sp³-hybridized carbons (Fsp3) is 0.579. The molecule has 7 heteroatoms. The highest BCUT2D eigenvalue weighted by molar-refractivity contribution is 7.10. The van der Waals surface area contributed by atoms with Gasteiger partial charge in [-0.3, -0.25) is 0 Å². The molecule has 0 saturated carbocycles. The number of aromatic nitrogens is 1. The highest BCUT2D eigenvalue weighted by Crippen LogP contribution is 2.22. The van der Waals surface area contributed by atoms with E-state index in [0.717, 1.165) is 48.9 Å². The predicted molar refractivity (Wildman–Crippen MR) is 109 cm³/mol.